The molecule has 0 fully saturated rings. The number of nitrogens with zero attached hydrogens (tertiary/aromatic N) is 1. The molecule has 1 amide bonds. The van der Waals surface area contributed by atoms with E-state index >= 15 is 0 Å². The van der Waals surface area contributed by atoms with E-state index in [1.807, 2.05) is 0 Å². The Bertz CT molecular complexity index is 939. The molecule has 2 N–H and O–H groups in total. The summed E-state index contributed by atoms with van der Waals surface area (Å²) in [6, 6.07) is 17.2. The van der Waals surface area contributed by atoms with Gasteiger partial charge in [-0.15, -0.1) is 0 Å². The van der Waals surface area contributed by atoms with Crippen LogP contribution in [-0.2, 0) is 4.79 Å². The van der Waals surface area contributed by atoms with Crippen LogP contribution in [0.2, 0.25) is 10.0 Å². The lowest BCUT2D eigenvalue weighted by Crippen LogP contribution is -2.25. The summed E-state index contributed by atoms with van der Waals surface area (Å²) in [6.07, 6.45) is 0.0307. The van der Waals surface area contributed by atoms with Crippen molar-refractivity contribution in [1.82, 2.24) is 5.43 Å². The van der Waals surface area contributed by atoms with Crippen molar-refractivity contribution < 1.29 is 14.3 Å². The monoisotopic (exact) mass is 388 g/mol. The Morgan fingerprint density at radius 3 is 2.62 bits per heavy atom. The maximum absolute atomic E-state index is 11.9. The van der Waals surface area contributed by atoms with Crippen molar-refractivity contribution in [2.45, 2.75) is 6.10 Å². The van der Waals surface area contributed by atoms with E-state index in [1.54, 1.807) is 60.7 Å². The predicted octanol–water partition coefficient (Wildman–Crippen LogP) is 4.44. The molecular formula is C19H14Cl2N2O3. The minimum atomic E-state index is -1.30. The summed E-state index contributed by atoms with van der Waals surface area (Å²) in [5, 5.41) is 14.6. The molecule has 0 aliphatic carbocycles. The lowest BCUT2D eigenvalue weighted by molar-refractivity contribution is -0.129. The second kappa shape index (κ2) is 8.19. The normalized spacial score (nSPS) is 12.3. The molecule has 0 radical (unpaired) electrons. The molecule has 1 aromatic heterocycles. The minimum Gasteiger partial charge on any atom is -0.455 e. The van der Waals surface area contributed by atoms with E-state index in [9.17, 15) is 9.90 Å². The van der Waals surface area contributed by atoms with Crippen LogP contribution in [0, 0.1) is 0 Å². The molecule has 5 nitrogen and oxygen atoms in total. The first kappa shape index (κ1) is 18.2. The summed E-state index contributed by atoms with van der Waals surface area (Å²) < 4.78 is 5.63. The van der Waals surface area contributed by atoms with E-state index < -0.39 is 12.0 Å². The lowest BCUT2D eigenvalue weighted by Gasteiger charge is -2.08. The highest BCUT2D eigenvalue weighted by atomic mass is 35.5. The number of nitrogens with one attached hydrogen (secondary N) is 1. The molecule has 0 saturated carbocycles. The zero-order valence-corrected chi connectivity index (χ0v) is 14.9. The molecule has 3 rings (SSSR count). The van der Waals surface area contributed by atoms with Gasteiger partial charge < -0.3 is 9.52 Å². The van der Waals surface area contributed by atoms with Gasteiger partial charge in [0, 0.05) is 5.56 Å². The van der Waals surface area contributed by atoms with Crippen LogP contribution in [-0.4, -0.2) is 17.2 Å². The Hall–Kier alpha value is -2.60. The first-order chi connectivity index (χ1) is 12.6. The standard InChI is InChI=1S/C19H14Cl2N2O3/c20-15-8-4-7-14(17(15)21)16-10-9-13(26-16)11-22-23-19(25)18(24)12-5-2-1-3-6-12/h1-11,18,24H,(H,23,25). The summed E-state index contributed by atoms with van der Waals surface area (Å²) >= 11 is 12.2. The van der Waals surface area contributed by atoms with E-state index in [0.29, 0.717) is 32.7 Å². The highest BCUT2D eigenvalue weighted by Gasteiger charge is 2.16. The molecular weight excluding hydrogens is 375 g/mol. The van der Waals surface area contributed by atoms with Crippen LogP contribution in [0.15, 0.2) is 70.2 Å². The van der Waals surface area contributed by atoms with Gasteiger partial charge in [-0.3, -0.25) is 4.79 Å². The number of hydrogen-bond acceptors (Lipinski definition) is 4. The Kier molecular flexibility index (Phi) is 5.73. The van der Waals surface area contributed by atoms with Gasteiger partial charge in [0.05, 0.1) is 16.3 Å². The Morgan fingerprint density at radius 2 is 1.85 bits per heavy atom. The van der Waals surface area contributed by atoms with Gasteiger partial charge in [-0.05, 0) is 29.8 Å². The van der Waals surface area contributed by atoms with E-state index in [4.69, 9.17) is 27.6 Å². The van der Waals surface area contributed by atoms with Crippen LogP contribution in [0.25, 0.3) is 11.3 Å². The van der Waals surface area contributed by atoms with Gasteiger partial charge in [-0.2, -0.15) is 5.10 Å². The highest BCUT2D eigenvalue weighted by Crippen LogP contribution is 2.34. The Morgan fingerprint density at radius 1 is 1.08 bits per heavy atom. The molecule has 1 atom stereocenters. The molecule has 132 valence electrons. The second-order valence-corrected chi connectivity index (χ2v) is 6.14. The number of aliphatic hydroxyl groups is 1. The van der Waals surface area contributed by atoms with E-state index in [2.05, 4.69) is 10.5 Å². The number of hydrogen-bond donors (Lipinski definition) is 2. The maximum atomic E-state index is 11.9. The number of furan rings is 1. The fourth-order valence-corrected chi connectivity index (χ4v) is 2.66. The zero-order chi connectivity index (χ0) is 18.5. The van der Waals surface area contributed by atoms with Crippen LogP contribution in [0.4, 0.5) is 0 Å². The van der Waals surface area contributed by atoms with Crippen LogP contribution in [0.1, 0.15) is 17.4 Å². The van der Waals surface area contributed by atoms with E-state index in [1.165, 1.54) is 6.21 Å². The molecule has 2 aromatic carbocycles. The van der Waals surface area contributed by atoms with Gasteiger partial charge in [-0.25, -0.2) is 5.43 Å². The van der Waals surface area contributed by atoms with Crippen molar-refractivity contribution >= 4 is 35.3 Å². The SMILES string of the molecule is O=C(NN=Cc1ccc(-c2cccc(Cl)c2Cl)o1)C(O)c1ccccc1. The predicted molar refractivity (Wildman–Crippen MR) is 101 cm³/mol. The average molecular weight is 389 g/mol. The van der Waals surface area contributed by atoms with Gasteiger partial charge in [0.15, 0.2) is 6.10 Å². The summed E-state index contributed by atoms with van der Waals surface area (Å²) in [6.45, 7) is 0. The smallest absolute Gasteiger partial charge is 0.273 e. The average Bonchev–Trinajstić information content (AvgIpc) is 3.12. The first-order valence-corrected chi connectivity index (χ1v) is 8.42. The number of carbonyl (C=O) groups is 1. The number of amides is 1. The van der Waals surface area contributed by atoms with Gasteiger partial charge >= 0.3 is 0 Å². The van der Waals surface area contributed by atoms with Crippen LogP contribution in [0.3, 0.4) is 0 Å². The summed E-state index contributed by atoms with van der Waals surface area (Å²) in [5.41, 5.74) is 3.41. The molecule has 1 unspecified atom stereocenters. The zero-order valence-electron chi connectivity index (χ0n) is 13.4. The number of aliphatic hydroxyl groups excluding tert-OH is 1. The van der Waals surface area contributed by atoms with Crippen molar-refractivity contribution in [3.8, 4) is 11.3 Å². The van der Waals surface area contributed by atoms with Gasteiger partial charge in [-0.1, -0.05) is 59.6 Å². The fourth-order valence-electron chi connectivity index (χ4n) is 2.27. The number of carbonyl (C=O) groups excluding carboxylic acids is 1. The molecule has 7 heteroatoms. The number of halogens is 2. The molecule has 26 heavy (non-hydrogen) atoms. The molecule has 0 spiro atoms. The third-order valence-corrected chi connectivity index (χ3v) is 4.39. The quantitative estimate of drug-likeness (QED) is 0.501. The van der Waals surface area contributed by atoms with Crippen LogP contribution >= 0.6 is 23.2 Å². The first-order valence-electron chi connectivity index (χ1n) is 7.66. The molecule has 0 saturated heterocycles. The topological polar surface area (TPSA) is 74.8 Å². The van der Waals surface area contributed by atoms with Gasteiger partial charge in [0.25, 0.3) is 5.91 Å². The number of benzene rings is 2. The number of rotatable bonds is 5. The minimum absolute atomic E-state index is 0.395. The molecule has 0 bridgehead atoms. The van der Waals surface area contributed by atoms with Crippen LogP contribution < -0.4 is 5.43 Å². The molecule has 0 aliphatic rings. The third-order valence-electron chi connectivity index (χ3n) is 3.57. The van der Waals surface area contributed by atoms with Crippen molar-refractivity contribution in [2.75, 3.05) is 0 Å². The van der Waals surface area contributed by atoms with Gasteiger partial charge in [0.1, 0.15) is 11.5 Å². The largest absolute Gasteiger partial charge is 0.455 e. The van der Waals surface area contributed by atoms with Crippen molar-refractivity contribution in [2.24, 2.45) is 5.10 Å². The molecule has 3 aromatic rings. The highest BCUT2D eigenvalue weighted by molar-refractivity contribution is 6.43. The molecule has 1 heterocycles. The van der Waals surface area contributed by atoms with Crippen molar-refractivity contribution in [1.29, 1.82) is 0 Å². The van der Waals surface area contributed by atoms with E-state index in [0.717, 1.165) is 0 Å². The number of hydrazone groups is 1. The fraction of sp³-hybridized carbons (Fsp3) is 0.0526. The van der Waals surface area contributed by atoms with Crippen molar-refractivity contribution in [3.63, 3.8) is 0 Å². The summed E-state index contributed by atoms with van der Waals surface area (Å²) in [4.78, 5) is 11.9. The second-order valence-electron chi connectivity index (χ2n) is 5.35. The van der Waals surface area contributed by atoms with Crippen LogP contribution in [0.5, 0.6) is 0 Å². The maximum Gasteiger partial charge on any atom is 0.273 e. The van der Waals surface area contributed by atoms with Gasteiger partial charge in [0.2, 0.25) is 0 Å². The summed E-state index contributed by atoms with van der Waals surface area (Å²) in [7, 11) is 0. The lowest BCUT2D eigenvalue weighted by atomic mass is 10.1. The molecule has 0 aliphatic heterocycles. The Labute approximate surface area is 159 Å². The van der Waals surface area contributed by atoms with Crippen molar-refractivity contribution in [3.05, 3.63) is 82.0 Å². The summed E-state index contributed by atoms with van der Waals surface area (Å²) in [5.74, 6) is 0.289. The van der Waals surface area contributed by atoms with E-state index in [-0.39, 0.29) is 0 Å². The Balaban J connectivity index is 1.66. The third kappa shape index (κ3) is 4.14.